The molecule has 2 aliphatic carbocycles. The summed E-state index contributed by atoms with van der Waals surface area (Å²) in [6.45, 7) is 7.04. The topological polar surface area (TPSA) is 0 Å². The predicted octanol–water partition coefficient (Wildman–Crippen LogP) is 8.55. The van der Waals surface area contributed by atoms with E-state index in [1.54, 1.807) is 5.56 Å². The van der Waals surface area contributed by atoms with Crippen molar-refractivity contribution in [1.29, 1.82) is 0 Å². The maximum absolute atomic E-state index is 2.45. The number of hydrogen-bond donors (Lipinski definition) is 0. The van der Waals surface area contributed by atoms with E-state index in [1.165, 1.54) is 89.0 Å². The van der Waals surface area contributed by atoms with Gasteiger partial charge in [0.2, 0.25) is 0 Å². The predicted molar refractivity (Wildman–Crippen MR) is 119 cm³/mol. The average Bonchev–Trinajstić information content (AvgIpc) is 2.73. The second-order valence-electron chi connectivity index (χ2n) is 9.97. The van der Waals surface area contributed by atoms with Crippen molar-refractivity contribution in [2.45, 2.75) is 110 Å². The minimum absolute atomic E-state index is 0.835. The van der Waals surface area contributed by atoms with Crippen molar-refractivity contribution < 1.29 is 0 Å². The van der Waals surface area contributed by atoms with Gasteiger partial charge in [-0.25, -0.2) is 0 Å². The van der Waals surface area contributed by atoms with Gasteiger partial charge in [0.05, 0.1) is 0 Å². The zero-order chi connectivity index (χ0) is 19.1. The Morgan fingerprint density at radius 1 is 0.815 bits per heavy atom. The van der Waals surface area contributed by atoms with Crippen LogP contribution in [0.3, 0.4) is 0 Å². The van der Waals surface area contributed by atoms with Crippen molar-refractivity contribution in [3.05, 3.63) is 35.4 Å². The first-order valence-corrected chi connectivity index (χ1v) is 12.3. The zero-order valence-electron chi connectivity index (χ0n) is 18.4. The molecule has 0 aliphatic heterocycles. The number of aryl methyl sites for hydroxylation is 1. The van der Waals surface area contributed by atoms with Crippen molar-refractivity contribution >= 4 is 0 Å². The highest BCUT2D eigenvalue weighted by atomic mass is 14.4. The molecular weight excluding hydrogens is 324 g/mol. The summed E-state index contributed by atoms with van der Waals surface area (Å²) >= 11 is 0. The Hall–Kier alpha value is -0.780. The lowest BCUT2D eigenvalue weighted by molar-refractivity contribution is 0.156. The fourth-order valence-electron chi connectivity index (χ4n) is 5.85. The highest BCUT2D eigenvalue weighted by Gasteiger charge is 2.31. The van der Waals surface area contributed by atoms with Crippen LogP contribution in [-0.4, -0.2) is 0 Å². The van der Waals surface area contributed by atoms with Crippen molar-refractivity contribution in [1.82, 2.24) is 0 Å². The van der Waals surface area contributed by atoms with Crippen LogP contribution in [0.1, 0.15) is 115 Å². The van der Waals surface area contributed by atoms with Crippen molar-refractivity contribution in [2.24, 2.45) is 23.7 Å². The van der Waals surface area contributed by atoms with E-state index in [-0.39, 0.29) is 0 Å². The second kappa shape index (κ2) is 10.7. The molecule has 27 heavy (non-hydrogen) atoms. The maximum atomic E-state index is 2.45. The number of rotatable bonds is 8. The van der Waals surface area contributed by atoms with Gasteiger partial charge in [-0.05, 0) is 92.1 Å². The molecule has 0 radical (unpaired) electrons. The molecule has 1 aromatic carbocycles. The molecule has 0 N–H and O–H groups in total. The van der Waals surface area contributed by atoms with Gasteiger partial charge in [0.1, 0.15) is 0 Å². The van der Waals surface area contributed by atoms with E-state index in [2.05, 4.69) is 45.0 Å². The van der Waals surface area contributed by atoms with Crippen LogP contribution in [-0.2, 0) is 6.42 Å². The monoisotopic (exact) mass is 368 g/mol. The molecule has 0 amide bonds. The average molecular weight is 369 g/mol. The normalized spacial score (nSPS) is 30.2. The summed E-state index contributed by atoms with van der Waals surface area (Å²) in [5.74, 6) is 4.85. The molecule has 0 saturated heterocycles. The molecule has 0 heteroatoms. The second-order valence-corrected chi connectivity index (χ2v) is 9.97. The van der Waals surface area contributed by atoms with E-state index >= 15 is 0 Å². The Bertz CT molecular complexity index is 511. The van der Waals surface area contributed by atoms with Gasteiger partial charge in [-0.15, -0.1) is 0 Å². The first-order valence-electron chi connectivity index (χ1n) is 12.3. The number of benzene rings is 1. The molecule has 0 nitrogen and oxygen atoms in total. The van der Waals surface area contributed by atoms with Gasteiger partial charge >= 0.3 is 0 Å². The minimum atomic E-state index is 0.835. The number of hydrogen-bond acceptors (Lipinski definition) is 0. The standard InChI is InChI=1S/C27H44/c1-4-6-22-9-13-24(14-10-22)26-17-19-27(20-18-26)25-15-11-23(12-16-25)8-7-21(3)5-2/h11-12,15-16,21-22,24,26-27H,4-10,13-14,17-20H2,1-3H3. The lowest BCUT2D eigenvalue weighted by atomic mass is 9.68. The lowest BCUT2D eigenvalue weighted by Crippen LogP contribution is -2.25. The third-order valence-electron chi connectivity index (χ3n) is 8.10. The minimum Gasteiger partial charge on any atom is -0.0654 e. The summed E-state index contributed by atoms with van der Waals surface area (Å²) in [6, 6.07) is 9.73. The quantitative estimate of drug-likeness (QED) is 0.431. The van der Waals surface area contributed by atoms with Gasteiger partial charge in [-0.3, -0.25) is 0 Å². The molecule has 3 rings (SSSR count). The van der Waals surface area contributed by atoms with E-state index < -0.39 is 0 Å². The van der Waals surface area contributed by atoms with E-state index in [9.17, 15) is 0 Å². The van der Waals surface area contributed by atoms with Crippen LogP contribution in [0.4, 0.5) is 0 Å². The molecule has 0 spiro atoms. The SMILES string of the molecule is CCCC1CCC(C2CCC(c3ccc(CCC(C)CC)cc3)CC2)CC1. The summed E-state index contributed by atoms with van der Waals surface area (Å²) in [7, 11) is 0. The van der Waals surface area contributed by atoms with Crippen molar-refractivity contribution in [3.63, 3.8) is 0 Å². The van der Waals surface area contributed by atoms with Crippen LogP contribution in [0.15, 0.2) is 24.3 Å². The smallest absolute Gasteiger partial charge is 0.0162 e. The first kappa shape index (κ1) is 20.9. The van der Waals surface area contributed by atoms with Gasteiger partial charge in [0.15, 0.2) is 0 Å². The van der Waals surface area contributed by atoms with Crippen LogP contribution in [0, 0.1) is 23.7 Å². The Labute approximate surface area is 169 Å². The van der Waals surface area contributed by atoms with Crippen LogP contribution >= 0.6 is 0 Å². The molecular formula is C27H44. The molecule has 0 aromatic heterocycles. The zero-order valence-corrected chi connectivity index (χ0v) is 18.4. The molecule has 2 saturated carbocycles. The fourth-order valence-corrected chi connectivity index (χ4v) is 5.85. The molecule has 152 valence electrons. The Balaban J connectivity index is 1.42. The van der Waals surface area contributed by atoms with E-state index in [4.69, 9.17) is 0 Å². The summed E-state index contributed by atoms with van der Waals surface area (Å²) in [5.41, 5.74) is 3.16. The highest BCUT2D eigenvalue weighted by Crippen LogP contribution is 2.44. The van der Waals surface area contributed by atoms with Gasteiger partial charge in [0, 0.05) is 0 Å². The molecule has 0 bridgehead atoms. The molecule has 1 unspecified atom stereocenters. The van der Waals surface area contributed by atoms with Gasteiger partial charge in [-0.1, -0.05) is 77.1 Å². The Kier molecular flexibility index (Phi) is 8.28. The van der Waals surface area contributed by atoms with Crippen LogP contribution in [0.5, 0.6) is 0 Å². The summed E-state index contributed by atoms with van der Waals surface area (Å²) in [5, 5.41) is 0. The molecule has 1 aromatic rings. The van der Waals surface area contributed by atoms with Gasteiger partial charge < -0.3 is 0 Å². The lowest BCUT2D eigenvalue weighted by Gasteiger charge is -2.38. The summed E-state index contributed by atoms with van der Waals surface area (Å²) < 4.78 is 0. The largest absolute Gasteiger partial charge is 0.0654 e. The Morgan fingerprint density at radius 2 is 1.41 bits per heavy atom. The maximum Gasteiger partial charge on any atom is -0.0162 e. The van der Waals surface area contributed by atoms with Crippen LogP contribution < -0.4 is 0 Å². The van der Waals surface area contributed by atoms with E-state index in [1.807, 2.05) is 0 Å². The molecule has 2 aliphatic rings. The van der Waals surface area contributed by atoms with Crippen molar-refractivity contribution in [2.75, 3.05) is 0 Å². The fraction of sp³-hybridized carbons (Fsp3) is 0.778. The molecule has 1 atom stereocenters. The van der Waals surface area contributed by atoms with Gasteiger partial charge in [0.25, 0.3) is 0 Å². The van der Waals surface area contributed by atoms with Gasteiger partial charge in [-0.2, -0.15) is 0 Å². The third kappa shape index (κ3) is 6.10. The summed E-state index contributed by atoms with van der Waals surface area (Å²) in [4.78, 5) is 0. The van der Waals surface area contributed by atoms with E-state index in [0.717, 1.165) is 29.6 Å². The van der Waals surface area contributed by atoms with Crippen LogP contribution in [0.2, 0.25) is 0 Å². The van der Waals surface area contributed by atoms with Crippen LogP contribution in [0.25, 0.3) is 0 Å². The third-order valence-corrected chi connectivity index (χ3v) is 8.10. The van der Waals surface area contributed by atoms with Crippen molar-refractivity contribution in [3.8, 4) is 0 Å². The molecule has 2 fully saturated rings. The highest BCUT2D eigenvalue weighted by molar-refractivity contribution is 5.26. The summed E-state index contributed by atoms with van der Waals surface area (Å²) in [6.07, 6.45) is 18.7. The Morgan fingerprint density at radius 3 is 1.96 bits per heavy atom. The molecule has 0 heterocycles. The van der Waals surface area contributed by atoms with E-state index in [0.29, 0.717) is 0 Å². The first-order chi connectivity index (χ1) is 13.2.